The van der Waals surface area contributed by atoms with Gasteiger partial charge >= 0.3 is 5.97 Å². The fraction of sp³-hybridized carbons (Fsp3) is 0.433. The van der Waals surface area contributed by atoms with Crippen LogP contribution < -0.4 is 21.7 Å². The summed E-state index contributed by atoms with van der Waals surface area (Å²) in [6.07, 6.45) is 6.15. The molecule has 0 aliphatic carbocycles. The van der Waals surface area contributed by atoms with Gasteiger partial charge in [-0.2, -0.15) is 9.97 Å². The number of fused-ring (bicyclic) bond motifs is 1. The molecule has 7 N–H and O–H groups in total. The van der Waals surface area contributed by atoms with E-state index in [0.717, 1.165) is 0 Å². The van der Waals surface area contributed by atoms with E-state index < -0.39 is 23.8 Å². The molecule has 0 fully saturated rings. The fourth-order valence-electron chi connectivity index (χ4n) is 3.90. The number of carboxylic acids is 1. The topological polar surface area (TPSA) is 242 Å². The first-order valence-electron chi connectivity index (χ1n) is 14.6. The number of nitrogen functional groups attached to an aromatic ring is 1. The normalized spacial score (nSPS) is 11.5. The third-order valence-corrected chi connectivity index (χ3v) is 6.19. The van der Waals surface area contributed by atoms with Crippen molar-refractivity contribution in [1.29, 1.82) is 0 Å². The number of nitrogens with zero attached hydrogens (tertiary/aromatic N) is 4. The number of amides is 2. The molecular formula is C30H38N8O9. The van der Waals surface area contributed by atoms with Gasteiger partial charge in [0.2, 0.25) is 17.7 Å². The number of carbonyl (C=O) groups is 3. The summed E-state index contributed by atoms with van der Waals surface area (Å²) in [4.78, 5) is 52.8. The summed E-state index contributed by atoms with van der Waals surface area (Å²) in [5, 5.41) is 27.5. The Morgan fingerprint density at radius 1 is 0.936 bits per heavy atom. The summed E-state index contributed by atoms with van der Waals surface area (Å²) in [6, 6.07) is 5.34. The number of hydrogen-bond donors (Lipinski definition) is 6. The largest absolute Gasteiger partial charge is 0.492 e. The Labute approximate surface area is 270 Å². The van der Waals surface area contributed by atoms with E-state index in [-0.39, 0.29) is 67.7 Å². The zero-order valence-electron chi connectivity index (χ0n) is 25.6. The van der Waals surface area contributed by atoms with Crippen molar-refractivity contribution >= 4 is 40.6 Å². The van der Waals surface area contributed by atoms with Gasteiger partial charge in [-0.25, -0.2) is 9.97 Å². The highest BCUT2D eigenvalue weighted by Gasteiger charge is 2.22. The van der Waals surface area contributed by atoms with Crippen molar-refractivity contribution in [1.82, 2.24) is 30.6 Å². The molecule has 47 heavy (non-hydrogen) atoms. The molecule has 0 radical (unpaired) electrons. The molecule has 2 aromatic heterocycles. The van der Waals surface area contributed by atoms with E-state index in [1.165, 1.54) is 6.20 Å². The van der Waals surface area contributed by atoms with Gasteiger partial charge in [0.05, 0.1) is 64.7 Å². The minimum absolute atomic E-state index is 0.0979. The van der Waals surface area contributed by atoms with Crippen LogP contribution in [0.4, 0.5) is 11.6 Å². The molecule has 0 aliphatic rings. The summed E-state index contributed by atoms with van der Waals surface area (Å²) in [7, 11) is 0. The Bertz CT molecular complexity index is 1500. The van der Waals surface area contributed by atoms with Gasteiger partial charge in [-0.15, -0.1) is 6.42 Å². The van der Waals surface area contributed by atoms with E-state index in [1.807, 2.05) is 0 Å². The zero-order valence-corrected chi connectivity index (χ0v) is 25.6. The number of benzene rings is 1. The molecule has 0 spiro atoms. The average Bonchev–Trinajstić information content (AvgIpc) is 3.05. The molecule has 1 aromatic carbocycles. The summed E-state index contributed by atoms with van der Waals surface area (Å²) in [6.45, 7) is 3.11. The molecule has 17 nitrogen and oxygen atoms in total. The van der Waals surface area contributed by atoms with E-state index in [4.69, 9.17) is 36.2 Å². The van der Waals surface area contributed by atoms with Crippen LogP contribution in [-0.2, 0) is 35.1 Å². The van der Waals surface area contributed by atoms with Gasteiger partial charge in [-0.05, 0) is 30.7 Å². The maximum atomic E-state index is 12.9. The summed E-state index contributed by atoms with van der Waals surface area (Å²) < 4.78 is 21.2. The van der Waals surface area contributed by atoms with Gasteiger partial charge in [-0.3, -0.25) is 14.4 Å². The standard InChI is InChI=1S/C30H38N8O9/c1-2-10-44-12-14-46-16-17-47-15-13-45-11-9-32-28(42)23(7-8-24(39)40)36-27(41)20-3-5-21(6-4-20)33-18-22-19-34-26-25(35-22)29(43)38-30(31)37-26/h1,3-6,19,23,33H,7-18H2,(H,32,42)(H,36,41)(H,39,40)(H3,31,34,37,38,43)/t23-/m0/s1. The highest BCUT2D eigenvalue weighted by Crippen LogP contribution is 2.19. The second-order valence-corrected chi connectivity index (χ2v) is 9.71. The van der Waals surface area contributed by atoms with E-state index in [0.29, 0.717) is 51.0 Å². The number of hydrogen-bond acceptors (Lipinski definition) is 14. The summed E-state index contributed by atoms with van der Waals surface area (Å²) in [5.74, 6) is -0.299. The number of nitrogens with two attached hydrogens (primary N) is 1. The Morgan fingerprint density at radius 2 is 1.60 bits per heavy atom. The summed E-state index contributed by atoms with van der Waals surface area (Å²) in [5.41, 5.74) is 7.20. The molecule has 3 aromatic rings. The van der Waals surface area contributed by atoms with Gasteiger partial charge in [-0.1, -0.05) is 5.92 Å². The van der Waals surface area contributed by atoms with Crippen LogP contribution in [0.3, 0.4) is 0 Å². The number of aromatic hydroxyl groups is 1. The van der Waals surface area contributed by atoms with Crippen molar-refractivity contribution in [3.63, 3.8) is 0 Å². The first kappa shape index (κ1) is 36.3. The minimum Gasteiger partial charge on any atom is -0.492 e. The molecule has 2 heterocycles. The highest BCUT2D eigenvalue weighted by molar-refractivity contribution is 5.97. The van der Waals surface area contributed by atoms with E-state index in [1.54, 1.807) is 24.3 Å². The van der Waals surface area contributed by atoms with Gasteiger partial charge in [0, 0.05) is 24.2 Å². The van der Waals surface area contributed by atoms with Gasteiger partial charge < -0.3 is 50.8 Å². The summed E-state index contributed by atoms with van der Waals surface area (Å²) >= 11 is 0. The molecule has 3 rings (SSSR count). The van der Waals surface area contributed by atoms with Crippen LogP contribution in [0.25, 0.3) is 11.2 Å². The average molecular weight is 655 g/mol. The van der Waals surface area contributed by atoms with Gasteiger partial charge in [0.25, 0.3) is 5.91 Å². The van der Waals surface area contributed by atoms with Crippen molar-refractivity contribution in [2.75, 3.05) is 70.5 Å². The Balaban J connectivity index is 1.38. The number of aliphatic carboxylic acids is 1. The van der Waals surface area contributed by atoms with Crippen LogP contribution in [0.15, 0.2) is 30.5 Å². The molecule has 0 saturated carbocycles. The quantitative estimate of drug-likeness (QED) is 0.0622. The molecule has 0 aliphatic heterocycles. The van der Waals surface area contributed by atoms with Crippen LogP contribution >= 0.6 is 0 Å². The SMILES string of the molecule is C#CCOCCOCCOCCOCCNC(=O)[C@H](CCC(=O)O)NC(=O)c1ccc(NCc2cnc3nc(N)nc(O)c3n2)cc1. The monoisotopic (exact) mass is 654 g/mol. The Hall–Kier alpha value is -5.15. The Kier molecular flexibility index (Phi) is 15.5. The lowest BCUT2D eigenvalue weighted by molar-refractivity contribution is -0.137. The number of aromatic nitrogens is 4. The first-order chi connectivity index (χ1) is 22.8. The van der Waals surface area contributed by atoms with E-state index in [9.17, 15) is 19.5 Å². The van der Waals surface area contributed by atoms with Gasteiger partial charge in [0.1, 0.15) is 12.6 Å². The Morgan fingerprint density at radius 3 is 2.26 bits per heavy atom. The lowest BCUT2D eigenvalue weighted by Gasteiger charge is -2.18. The van der Waals surface area contributed by atoms with E-state index >= 15 is 0 Å². The lowest BCUT2D eigenvalue weighted by atomic mass is 10.1. The number of carbonyl (C=O) groups excluding carboxylic acids is 2. The number of ether oxygens (including phenoxy) is 4. The predicted octanol–water partition coefficient (Wildman–Crippen LogP) is 0.0987. The fourth-order valence-corrected chi connectivity index (χ4v) is 3.90. The zero-order chi connectivity index (χ0) is 33.9. The number of carboxylic acid groups (broad SMARTS) is 1. The molecule has 0 unspecified atom stereocenters. The lowest BCUT2D eigenvalue weighted by Crippen LogP contribution is -2.47. The first-order valence-corrected chi connectivity index (χ1v) is 14.6. The van der Waals surface area contributed by atoms with E-state index in [2.05, 4.69) is 41.8 Å². The van der Waals surface area contributed by atoms with Crippen molar-refractivity contribution in [2.24, 2.45) is 0 Å². The van der Waals surface area contributed by atoms with Crippen molar-refractivity contribution < 1.29 is 43.5 Å². The van der Waals surface area contributed by atoms with Gasteiger partial charge in [0.15, 0.2) is 11.2 Å². The number of anilines is 2. The third-order valence-electron chi connectivity index (χ3n) is 6.19. The molecule has 252 valence electrons. The van der Waals surface area contributed by atoms with Crippen molar-refractivity contribution in [3.8, 4) is 18.2 Å². The predicted molar refractivity (Wildman–Crippen MR) is 168 cm³/mol. The van der Waals surface area contributed by atoms with Crippen molar-refractivity contribution in [3.05, 3.63) is 41.7 Å². The second kappa shape index (κ2) is 20.1. The van der Waals surface area contributed by atoms with Crippen LogP contribution in [0.5, 0.6) is 5.88 Å². The molecule has 0 saturated heterocycles. The third kappa shape index (κ3) is 13.4. The second-order valence-electron chi connectivity index (χ2n) is 9.71. The van der Waals surface area contributed by atoms with Crippen LogP contribution in [0, 0.1) is 12.3 Å². The molecule has 2 amide bonds. The van der Waals surface area contributed by atoms with Crippen LogP contribution in [-0.4, -0.2) is 113 Å². The number of rotatable bonds is 22. The van der Waals surface area contributed by atoms with Crippen LogP contribution in [0.1, 0.15) is 28.9 Å². The van der Waals surface area contributed by atoms with Crippen LogP contribution in [0.2, 0.25) is 0 Å². The maximum Gasteiger partial charge on any atom is 0.303 e. The molecule has 1 atom stereocenters. The number of nitrogens with one attached hydrogen (secondary N) is 3. The molecular weight excluding hydrogens is 616 g/mol. The van der Waals surface area contributed by atoms with Crippen molar-refractivity contribution in [2.45, 2.75) is 25.4 Å². The maximum absolute atomic E-state index is 12.9. The smallest absolute Gasteiger partial charge is 0.303 e. The number of terminal acetylenes is 1. The minimum atomic E-state index is -1.10. The molecule has 17 heteroatoms. The molecule has 0 bridgehead atoms. The highest BCUT2D eigenvalue weighted by atomic mass is 16.6.